The molecule has 0 radical (unpaired) electrons. The summed E-state index contributed by atoms with van der Waals surface area (Å²) in [6, 6.07) is 7.85. The maximum Gasteiger partial charge on any atom is 0.416 e. The summed E-state index contributed by atoms with van der Waals surface area (Å²) in [4.78, 5) is 1.93. The molecule has 102 valence electrons. The Hall–Kier alpha value is -1.54. The molecule has 5 heteroatoms. The first kappa shape index (κ1) is 13.9. The van der Waals surface area contributed by atoms with Gasteiger partial charge in [-0.25, -0.2) is 0 Å². The van der Waals surface area contributed by atoms with Gasteiger partial charge in [0.2, 0.25) is 0 Å². The second kappa shape index (κ2) is 5.62. The van der Waals surface area contributed by atoms with Gasteiger partial charge in [-0.3, -0.25) is 4.90 Å². The van der Waals surface area contributed by atoms with Gasteiger partial charge in [0.1, 0.15) is 0 Å². The van der Waals surface area contributed by atoms with Gasteiger partial charge in [0.15, 0.2) is 0 Å². The zero-order chi connectivity index (χ0) is 13.9. The van der Waals surface area contributed by atoms with Crippen molar-refractivity contribution in [1.82, 2.24) is 4.90 Å². The van der Waals surface area contributed by atoms with Crippen LogP contribution in [0, 0.1) is 17.2 Å². The van der Waals surface area contributed by atoms with E-state index >= 15 is 0 Å². The van der Waals surface area contributed by atoms with Gasteiger partial charge in [0.25, 0.3) is 0 Å². The predicted octanol–water partition coefficient (Wildman–Crippen LogP) is 3.44. The number of rotatable bonds is 2. The van der Waals surface area contributed by atoms with Crippen LogP contribution in [0.5, 0.6) is 0 Å². The van der Waals surface area contributed by atoms with Crippen LogP contribution >= 0.6 is 0 Å². The summed E-state index contributed by atoms with van der Waals surface area (Å²) in [5.41, 5.74) is -0.289. The van der Waals surface area contributed by atoms with Crippen molar-refractivity contribution in [2.24, 2.45) is 5.92 Å². The van der Waals surface area contributed by atoms with Crippen molar-refractivity contribution in [1.29, 1.82) is 5.26 Å². The lowest BCUT2D eigenvalue weighted by Gasteiger charge is -2.30. The number of nitriles is 1. The maximum absolute atomic E-state index is 12.9. The molecule has 1 unspecified atom stereocenters. The van der Waals surface area contributed by atoms with Gasteiger partial charge in [-0.1, -0.05) is 18.2 Å². The number of alkyl halides is 3. The molecule has 1 atom stereocenters. The SMILES string of the molecule is N#CC1CCCN(Cc2ccccc2C(F)(F)F)C1. The fourth-order valence-electron chi connectivity index (χ4n) is 2.48. The van der Waals surface area contributed by atoms with Crippen LogP contribution in [-0.4, -0.2) is 18.0 Å². The molecule has 2 rings (SSSR count). The molecule has 0 bridgehead atoms. The minimum atomic E-state index is -4.32. The minimum Gasteiger partial charge on any atom is -0.298 e. The van der Waals surface area contributed by atoms with Crippen LogP contribution < -0.4 is 0 Å². The lowest BCUT2D eigenvalue weighted by Crippen LogP contribution is -2.34. The first-order chi connectivity index (χ1) is 9.00. The molecule has 0 amide bonds. The molecular formula is C14H15F3N2. The number of benzene rings is 1. The van der Waals surface area contributed by atoms with Crippen molar-refractivity contribution in [2.45, 2.75) is 25.6 Å². The highest BCUT2D eigenvalue weighted by atomic mass is 19.4. The van der Waals surface area contributed by atoms with Crippen LogP contribution in [0.1, 0.15) is 24.0 Å². The topological polar surface area (TPSA) is 27.0 Å². The number of hydrogen-bond donors (Lipinski definition) is 0. The van der Waals surface area contributed by atoms with E-state index in [1.807, 2.05) is 4.90 Å². The number of hydrogen-bond acceptors (Lipinski definition) is 2. The predicted molar refractivity (Wildman–Crippen MR) is 65.1 cm³/mol. The fraction of sp³-hybridized carbons (Fsp3) is 0.500. The molecule has 2 nitrogen and oxygen atoms in total. The quantitative estimate of drug-likeness (QED) is 0.821. The molecule has 1 aliphatic heterocycles. The van der Waals surface area contributed by atoms with Gasteiger partial charge in [0, 0.05) is 13.1 Å². The molecule has 0 aliphatic carbocycles. The zero-order valence-corrected chi connectivity index (χ0v) is 10.5. The molecule has 1 aliphatic rings. The average molecular weight is 268 g/mol. The third-order valence-corrected chi connectivity index (χ3v) is 3.40. The summed E-state index contributed by atoms with van der Waals surface area (Å²) >= 11 is 0. The van der Waals surface area contributed by atoms with E-state index in [4.69, 9.17) is 5.26 Å². The van der Waals surface area contributed by atoms with E-state index in [1.54, 1.807) is 6.07 Å². The van der Waals surface area contributed by atoms with Crippen molar-refractivity contribution in [3.63, 3.8) is 0 Å². The van der Waals surface area contributed by atoms with Crippen LogP contribution in [0.4, 0.5) is 13.2 Å². The summed E-state index contributed by atoms with van der Waals surface area (Å²) < 4.78 is 38.6. The van der Waals surface area contributed by atoms with Crippen LogP contribution in [0.25, 0.3) is 0 Å². The van der Waals surface area contributed by atoms with Gasteiger partial charge in [-0.15, -0.1) is 0 Å². The first-order valence-electron chi connectivity index (χ1n) is 6.28. The summed E-state index contributed by atoms with van der Waals surface area (Å²) in [5, 5.41) is 8.90. The van der Waals surface area contributed by atoms with Crippen molar-refractivity contribution in [3.05, 3.63) is 35.4 Å². The average Bonchev–Trinajstić information content (AvgIpc) is 2.38. The Morgan fingerprint density at radius 1 is 1.32 bits per heavy atom. The van der Waals surface area contributed by atoms with Crippen LogP contribution in [-0.2, 0) is 12.7 Å². The molecule has 0 spiro atoms. The monoisotopic (exact) mass is 268 g/mol. The van der Waals surface area contributed by atoms with E-state index in [-0.39, 0.29) is 18.0 Å². The fourth-order valence-corrected chi connectivity index (χ4v) is 2.48. The summed E-state index contributed by atoms with van der Waals surface area (Å²) in [7, 11) is 0. The van der Waals surface area contributed by atoms with E-state index in [1.165, 1.54) is 12.1 Å². The Balaban J connectivity index is 2.13. The maximum atomic E-state index is 12.9. The van der Waals surface area contributed by atoms with Crippen molar-refractivity contribution < 1.29 is 13.2 Å². The molecule has 1 fully saturated rings. The first-order valence-corrected chi connectivity index (χ1v) is 6.28. The van der Waals surface area contributed by atoms with E-state index in [0.717, 1.165) is 25.5 Å². The van der Waals surface area contributed by atoms with E-state index in [9.17, 15) is 13.2 Å². The van der Waals surface area contributed by atoms with Gasteiger partial charge >= 0.3 is 6.18 Å². The number of likely N-dealkylation sites (tertiary alicyclic amines) is 1. The highest BCUT2D eigenvalue weighted by Gasteiger charge is 2.33. The lowest BCUT2D eigenvalue weighted by molar-refractivity contribution is -0.138. The van der Waals surface area contributed by atoms with Gasteiger partial charge in [-0.05, 0) is 31.0 Å². The molecule has 0 aromatic heterocycles. The third kappa shape index (κ3) is 3.48. The Kier molecular flexibility index (Phi) is 4.11. The second-order valence-electron chi connectivity index (χ2n) is 4.86. The van der Waals surface area contributed by atoms with Crippen molar-refractivity contribution >= 4 is 0 Å². The largest absolute Gasteiger partial charge is 0.416 e. The number of piperidine rings is 1. The molecule has 1 aromatic rings. The smallest absolute Gasteiger partial charge is 0.298 e. The van der Waals surface area contributed by atoms with Gasteiger partial charge in [0.05, 0.1) is 17.6 Å². The molecule has 1 aromatic carbocycles. The Morgan fingerprint density at radius 2 is 2.05 bits per heavy atom. The second-order valence-corrected chi connectivity index (χ2v) is 4.86. The molecule has 19 heavy (non-hydrogen) atoms. The molecule has 0 N–H and O–H groups in total. The van der Waals surface area contributed by atoms with E-state index < -0.39 is 11.7 Å². The summed E-state index contributed by atoms with van der Waals surface area (Å²) in [6.45, 7) is 1.57. The molecular weight excluding hydrogens is 253 g/mol. The lowest BCUT2D eigenvalue weighted by atomic mass is 9.98. The van der Waals surface area contributed by atoms with Crippen molar-refractivity contribution in [2.75, 3.05) is 13.1 Å². The standard InChI is InChI=1S/C14H15F3N2/c15-14(16,17)13-6-2-1-5-12(13)10-19-7-3-4-11(8-18)9-19/h1-2,5-6,11H,3-4,7,9-10H2. The zero-order valence-electron chi connectivity index (χ0n) is 10.5. The Labute approximate surface area is 110 Å². The normalized spacial score (nSPS) is 21.1. The van der Waals surface area contributed by atoms with Crippen LogP contribution in [0.3, 0.4) is 0 Å². The molecule has 1 heterocycles. The highest BCUT2D eigenvalue weighted by molar-refractivity contribution is 5.29. The molecule has 1 saturated heterocycles. The third-order valence-electron chi connectivity index (χ3n) is 3.40. The number of halogens is 3. The Morgan fingerprint density at radius 3 is 2.74 bits per heavy atom. The summed E-state index contributed by atoms with van der Waals surface area (Å²) in [6.07, 6.45) is -2.61. The van der Waals surface area contributed by atoms with Gasteiger partial charge < -0.3 is 0 Å². The summed E-state index contributed by atoms with van der Waals surface area (Å²) in [5.74, 6) is -0.0631. The van der Waals surface area contributed by atoms with E-state index in [0.29, 0.717) is 6.54 Å². The Bertz CT molecular complexity index is 476. The number of nitrogens with zero attached hydrogens (tertiary/aromatic N) is 2. The van der Waals surface area contributed by atoms with Crippen molar-refractivity contribution in [3.8, 4) is 6.07 Å². The molecule has 0 saturated carbocycles. The highest BCUT2D eigenvalue weighted by Crippen LogP contribution is 2.32. The van der Waals surface area contributed by atoms with E-state index in [2.05, 4.69) is 6.07 Å². The van der Waals surface area contributed by atoms with Crippen LogP contribution in [0.15, 0.2) is 24.3 Å². The van der Waals surface area contributed by atoms with Crippen LogP contribution in [0.2, 0.25) is 0 Å². The minimum absolute atomic E-state index is 0.0631. The van der Waals surface area contributed by atoms with Gasteiger partial charge in [-0.2, -0.15) is 18.4 Å².